The fourth-order valence-electron chi connectivity index (χ4n) is 2.58. The highest BCUT2D eigenvalue weighted by molar-refractivity contribution is 5.89. The molecule has 4 heteroatoms. The van der Waals surface area contributed by atoms with Gasteiger partial charge in [0, 0.05) is 5.56 Å². The molecule has 0 bridgehead atoms. The number of benzene rings is 1. The maximum atomic E-state index is 11.8. The Labute approximate surface area is 150 Å². The molecule has 1 saturated heterocycles. The van der Waals surface area contributed by atoms with Gasteiger partial charge in [0.05, 0.1) is 24.4 Å². The highest BCUT2D eigenvalue weighted by Crippen LogP contribution is 2.38. The number of rotatable bonds is 9. The number of esters is 1. The molecule has 0 saturated carbocycles. The van der Waals surface area contributed by atoms with E-state index in [4.69, 9.17) is 14.2 Å². The third-order valence-corrected chi connectivity index (χ3v) is 4.23. The van der Waals surface area contributed by atoms with E-state index in [0.717, 1.165) is 18.4 Å². The molecular weight excluding hydrogens is 316 g/mol. The van der Waals surface area contributed by atoms with Crippen LogP contribution < -0.4 is 0 Å². The summed E-state index contributed by atoms with van der Waals surface area (Å²) in [6.07, 6.45) is 5.83. The lowest BCUT2D eigenvalue weighted by Crippen LogP contribution is -2.04. The first-order valence-corrected chi connectivity index (χ1v) is 8.82. The summed E-state index contributed by atoms with van der Waals surface area (Å²) in [5.74, 6) is 0.130. The van der Waals surface area contributed by atoms with Crippen LogP contribution in [0.2, 0.25) is 0 Å². The summed E-state index contributed by atoms with van der Waals surface area (Å²) in [4.78, 5) is 11.8. The van der Waals surface area contributed by atoms with Crippen LogP contribution in [0.5, 0.6) is 0 Å². The molecule has 0 unspecified atom stereocenters. The van der Waals surface area contributed by atoms with Gasteiger partial charge in [0.1, 0.15) is 12.4 Å². The minimum absolute atomic E-state index is 0.0413. The summed E-state index contributed by atoms with van der Waals surface area (Å²) in [6, 6.07) is 9.57. The normalized spacial score (nSPS) is 19.4. The SMILES string of the molecule is CCOC(=O)/C=C(/OC/C=C(\C)CC[C@H]1OC1(C)C)c1ccccc1. The van der Waals surface area contributed by atoms with Gasteiger partial charge in [-0.05, 0) is 46.6 Å². The van der Waals surface area contributed by atoms with Crippen LogP contribution in [0.15, 0.2) is 48.1 Å². The van der Waals surface area contributed by atoms with Crippen LogP contribution >= 0.6 is 0 Å². The van der Waals surface area contributed by atoms with E-state index in [1.54, 1.807) is 6.92 Å². The van der Waals surface area contributed by atoms with E-state index < -0.39 is 5.97 Å². The number of epoxide rings is 1. The molecule has 0 radical (unpaired) electrons. The Morgan fingerprint density at radius 1 is 1.24 bits per heavy atom. The minimum atomic E-state index is -0.393. The molecule has 1 heterocycles. The first-order chi connectivity index (χ1) is 11.9. The van der Waals surface area contributed by atoms with E-state index in [9.17, 15) is 4.79 Å². The Morgan fingerprint density at radius 2 is 1.92 bits per heavy atom. The molecule has 136 valence electrons. The van der Waals surface area contributed by atoms with Gasteiger partial charge in [0.15, 0.2) is 0 Å². The van der Waals surface area contributed by atoms with Gasteiger partial charge in [-0.3, -0.25) is 0 Å². The second-order valence-corrected chi connectivity index (χ2v) is 6.74. The smallest absolute Gasteiger partial charge is 0.334 e. The molecule has 1 aromatic rings. The Morgan fingerprint density at radius 3 is 2.52 bits per heavy atom. The number of ether oxygens (including phenoxy) is 3. The van der Waals surface area contributed by atoms with E-state index in [2.05, 4.69) is 26.8 Å². The number of hydrogen-bond acceptors (Lipinski definition) is 4. The van der Waals surface area contributed by atoms with Gasteiger partial charge in [0.25, 0.3) is 0 Å². The van der Waals surface area contributed by atoms with Crippen LogP contribution in [0.1, 0.15) is 46.1 Å². The fraction of sp³-hybridized carbons (Fsp3) is 0.476. The Hall–Kier alpha value is -2.07. The maximum Gasteiger partial charge on any atom is 0.334 e. The van der Waals surface area contributed by atoms with Gasteiger partial charge in [-0.1, -0.05) is 35.9 Å². The summed E-state index contributed by atoms with van der Waals surface area (Å²) >= 11 is 0. The summed E-state index contributed by atoms with van der Waals surface area (Å²) in [7, 11) is 0. The van der Waals surface area contributed by atoms with Gasteiger partial charge in [-0.25, -0.2) is 4.79 Å². The maximum absolute atomic E-state index is 11.8. The lowest BCUT2D eigenvalue weighted by molar-refractivity contribution is -0.137. The van der Waals surface area contributed by atoms with Crippen LogP contribution in [0.25, 0.3) is 5.76 Å². The molecule has 2 rings (SSSR count). The Bertz CT molecular complexity index is 629. The quantitative estimate of drug-likeness (QED) is 0.217. The van der Waals surface area contributed by atoms with Gasteiger partial charge >= 0.3 is 5.97 Å². The number of carbonyl (C=O) groups is 1. The average Bonchev–Trinajstić information content (AvgIpc) is 3.20. The molecule has 25 heavy (non-hydrogen) atoms. The molecule has 1 aliphatic heterocycles. The van der Waals surface area contributed by atoms with Crippen molar-refractivity contribution in [2.75, 3.05) is 13.2 Å². The van der Waals surface area contributed by atoms with Crippen molar-refractivity contribution in [2.24, 2.45) is 0 Å². The van der Waals surface area contributed by atoms with Crippen molar-refractivity contribution < 1.29 is 19.0 Å². The summed E-state index contributed by atoms with van der Waals surface area (Å²) < 4.78 is 16.4. The predicted octanol–water partition coefficient (Wildman–Crippen LogP) is 4.51. The van der Waals surface area contributed by atoms with Crippen molar-refractivity contribution >= 4 is 11.7 Å². The van der Waals surface area contributed by atoms with E-state index in [1.807, 2.05) is 30.3 Å². The topological polar surface area (TPSA) is 48.1 Å². The van der Waals surface area contributed by atoms with Crippen molar-refractivity contribution in [3.8, 4) is 0 Å². The molecule has 0 N–H and O–H groups in total. The number of hydrogen-bond donors (Lipinski definition) is 0. The van der Waals surface area contributed by atoms with Crippen molar-refractivity contribution in [3.05, 3.63) is 53.6 Å². The number of carbonyl (C=O) groups excluding carboxylic acids is 1. The molecular formula is C21H28O4. The van der Waals surface area contributed by atoms with E-state index >= 15 is 0 Å². The van der Waals surface area contributed by atoms with E-state index in [1.165, 1.54) is 11.6 Å². The standard InChI is InChI=1S/C21H28O4/c1-5-23-20(22)15-18(17-9-7-6-8-10-17)24-14-13-16(2)11-12-19-21(3,4)25-19/h6-10,13,15,19H,5,11-12,14H2,1-4H3/b16-13+,18-15+/t19-/m1/s1. The Balaban J connectivity index is 1.90. The first-order valence-electron chi connectivity index (χ1n) is 8.82. The molecule has 1 fully saturated rings. The van der Waals surface area contributed by atoms with Gasteiger partial charge in [-0.15, -0.1) is 0 Å². The average molecular weight is 344 g/mol. The third kappa shape index (κ3) is 6.39. The predicted molar refractivity (Wildman–Crippen MR) is 98.9 cm³/mol. The van der Waals surface area contributed by atoms with E-state index in [-0.39, 0.29) is 5.60 Å². The Kier molecular flexibility index (Phi) is 6.82. The summed E-state index contributed by atoms with van der Waals surface area (Å²) in [6.45, 7) is 8.87. The third-order valence-electron chi connectivity index (χ3n) is 4.23. The van der Waals surface area contributed by atoms with Crippen LogP contribution in [0.3, 0.4) is 0 Å². The molecule has 1 aromatic carbocycles. The lowest BCUT2D eigenvalue weighted by atomic mass is 10.0. The van der Waals surface area contributed by atoms with Crippen molar-refractivity contribution in [1.29, 1.82) is 0 Å². The largest absolute Gasteiger partial charge is 0.489 e. The lowest BCUT2D eigenvalue weighted by Gasteiger charge is -2.10. The minimum Gasteiger partial charge on any atom is -0.489 e. The van der Waals surface area contributed by atoms with Crippen LogP contribution in [0, 0.1) is 0 Å². The first kappa shape index (κ1) is 19.3. The molecule has 0 amide bonds. The second-order valence-electron chi connectivity index (χ2n) is 6.74. The number of allylic oxidation sites excluding steroid dienone is 1. The van der Waals surface area contributed by atoms with Crippen LogP contribution in [-0.2, 0) is 19.0 Å². The zero-order valence-corrected chi connectivity index (χ0v) is 15.6. The van der Waals surface area contributed by atoms with Crippen molar-refractivity contribution in [3.63, 3.8) is 0 Å². The molecule has 0 aliphatic carbocycles. The highest BCUT2D eigenvalue weighted by atomic mass is 16.6. The molecule has 4 nitrogen and oxygen atoms in total. The van der Waals surface area contributed by atoms with Gasteiger partial charge < -0.3 is 14.2 Å². The van der Waals surface area contributed by atoms with E-state index in [0.29, 0.717) is 25.1 Å². The fourth-order valence-corrected chi connectivity index (χ4v) is 2.58. The monoisotopic (exact) mass is 344 g/mol. The van der Waals surface area contributed by atoms with Crippen LogP contribution in [0.4, 0.5) is 0 Å². The van der Waals surface area contributed by atoms with Crippen molar-refractivity contribution in [1.82, 2.24) is 0 Å². The van der Waals surface area contributed by atoms with Gasteiger partial charge in [-0.2, -0.15) is 0 Å². The molecule has 1 aliphatic rings. The molecule has 0 spiro atoms. The second kappa shape index (κ2) is 8.86. The van der Waals surface area contributed by atoms with Crippen molar-refractivity contribution in [2.45, 2.75) is 52.2 Å². The molecule has 1 atom stereocenters. The zero-order valence-electron chi connectivity index (χ0n) is 15.6. The highest BCUT2D eigenvalue weighted by Gasteiger charge is 2.46. The zero-order chi connectivity index (χ0) is 18.3. The summed E-state index contributed by atoms with van der Waals surface area (Å²) in [5, 5.41) is 0. The van der Waals surface area contributed by atoms with Gasteiger partial charge in [0.2, 0.25) is 0 Å². The van der Waals surface area contributed by atoms with Crippen LogP contribution in [-0.4, -0.2) is 30.9 Å². The molecule has 0 aromatic heterocycles. The summed E-state index contributed by atoms with van der Waals surface area (Å²) in [5.41, 5.74) is 2.16.